The molecule has 8 nitrogen and oxygen atoms in total. The quantitative estimate of drug-likeness (QED) is 0.370. The van der Waals surface area contributed by atoms with Gasteiger partial charge in [0.2, 0.25) is 0 Å². The Morgan fingerprint density at radius 2 is 1.88 bits per heavy atom. The summed E-state index contributed by atoms with van der Waals surface area (Å²) in [5, 5.41) is 10.9. The van der Waals surface area contributed by atoms with E-state index in [-0.39, 0.29) is 22.9 Å². The Morgan fingerprint density at radius 1 is 1.23 bits per heavy atom. The van der Waals surface area contributed by atoms with Gasteiger partial charge in [0, 0.05) is 16.6 Å². The summed E-state index contributed by atoms with van der Waals surface area (Å²) in [4.78, 5) is 21.9. The number of benzene rings is 2. The first-order valence-corrected chi connectivity index (χ1v) is 9.67. The summed E-state index contributed by atoms with van der Waals surface area (Å²) >= 11 is 3.26. The summed E-state index contributed by atoms with van der Waals surface area (Å²) < 4.78 is 32.5. The smallest absolute Gasteiger partial charge is 0.326 e. The van der Waals surface area contributed by atoms with Crippen LogP contribution in [0.1, 0.15) is 6.92 Å². The maximum Gasteiger partial charge on any atom is 0.326 e. The van der Waals surface area contributed by atoms with Gasteiger partial charge >= 0.3 is 5.97 Å². The summed E-state index contributed by atoms with van der Waals surface area (Å²) in [5.74, 6) is -0.732. The summed E-state index contributed by atoms with van der Waals surface area (Å²) in [6.07, 6.45) is 0. The van der Waals surface area contributed by atoms with E-state index in [1.807, 2.05) is 0 Å². The van der Waals surface area contributed by atoms with Crippen LogP contribution in [0.4, 0.5) is 11.4 Å². The van der Waals surface area contributed by atoms with Crippen molar-refractivity contribution in [3.63, 3.8) is 0 Å². The topological polar surface area (TPSA) is 107 Å². The first-order chi connectivity index (χ1) is 12.3. The predicted octanol–water partition coefficient (Wildman–Crippen LogP) is 3.12. The third-order valence-electron chi connectivity index (χ3n) is 3.31. The highest BCUT2D eigenvalue weighted by atomic mass is 79.9. The van der Waals surface area contributed by atoms with Crippen LogP contribution in [0.25, 0.3) is 0 Å². The lowest BCUT2D eigenvalue weighted by Crippen LogP contribution is -2.36. The molecule has 0 amide bonds. The zero-order valence-electron chi connectivity index (χ0n) is 13.7. The second-order valence-corrected chi connectivity index (χ2v) is 7.83. The number of hydrogen-bond acceptors (Lipinski definition) is 6. The zero-order valence-corrected chi connectivity index (χ0v) is 16.1. The Morgan fingerprint density at radius 3 is 2.46 bits per heavy atom. The molecule has 0 aliphatic rings. The van der Waals surface area contributed by atoms with Crippen molar-refractivity contribution in [1.82, 2.24) is 0 Å². The normalized spacial score (nSPS) is 11.0. The highest BCUT2D eigenvalue weighted by Gasteiger charge is 2.29. The molecule has 0 fully saturated rings. The van der Waals surface area contributed by atoms with Crippen LogP contribution in [0.5, 0.6) is 0 Å². The molecule has 0 aromatic heterocycles. The molecule has 2 aromatic rings. The lowest BCUT2D eigenvalue weighted by atomic mass is 10.3. The van der Waals surface area contributed by atoms with Crippen LogP contribution in [0.2, 0.25) is 0 Å². The third-order valence-corrected chi connectivity index (χ3v) is 5.61. The molecule has 138 valence electrons. The maximum absolute atomic E-state index is 13.0. The molecule has 0 saturated carbocycles. The molecule has 0 atom stereocenters. The standard InChI is InChI=1S/C16H15BrN2O6S/c1-2-25-16(20)11-18(13-8-6-12(17)7-9-13)26(23,24)15-5-3-4-14(10-15)19(21)22/h3-10H,2,11H2,1H3. The van der Waals surface area contributed by atoms with Gasteiger partial charge in [-0.2, -0.15) is 0 Å². The first-order valence-electron chi connectivity index (χ1n) is 7.44. The average molecular weight is 443 g/mol. The van der Waals surface area contributed by atoms with Crippen LogP contribution < -0.4 is 4.31 Å². The molecule has 0 spiro atoms. The molecule has 0 bridgehead atoms. The number of nitrogens with zero attached hydrogens (tertiary/aromatic N) is 2. The first kappa shape index (κ1) is 19.9. The Kier molecular flexibility index (Phi) is 6.32. The molecule has 2 aromatic carbocycles. The van der Waals surface area contributed by atoms with Crippen LogP contribution in [0.3, 0.4) is 0 Å². The van der Waals surface area contributed by atoms with Crippen molar-refractivity contribution in [2.24, 2.45) is 0 Å². The second kappa shape index (κ2) is 8.28. The minimum atomic E-state index is -4.22. The molecule has 26 heavy (non-hydrogen) atoms. The van der Waals surface area contributed by atoms with Crippen molar-refractivity contribution in [2.75, 3.05) is 17.5 Å². The van der Waals surface area contributed by atoms with Crippen molar-refractivity contribution in [1.29, 1.82) is 0 Å². The molecule has 10 heteroatoms. The number of ether oxygens (including phenoxy) is 1. The van der Waals surface area contributed by atoms with E-state index >= 15 is 0 Å². The van der Waals surface area contributed by atoms with E-state index in [0.717, 1.165) is 14.8 Å². The summed E-state index contributed by atoms with van der Waals surface area (Å²) in [6, 6.07) is 10.9. The van der Waals surface area contributed by atoms with Gasteiger partial charge in [-0.3, -0.25) is 19.2 Å². The minimum Gasteiger partial charge on any atom is -0.465 e. The number of hydrogen-bond donors (Lipinski definition) is 0. The largest absolute Gasteiger partial charge is 0.465 e. The number of carbonyl (C=O) groups is 1. The van der Waals surface area contributed by atoms with Crippen molar-refractivity contribution in [3.8, 4) is 0 Å². The van der Waals surface area contributed by atoms with E-state index in [4.69, 9.17) is 4.74 Å². The predicted molar refractivity (Wildman–Crippen MR) is 98.4 cm³/mol. The van der Waals surface area contributed by atoms with Gasteiger partial charge in [0.05, 0.1) is 22.1 Å². The number of carbonyl (C=O) groups excluding carboxylic acids is 1. The Hall–Kier alpha value is -2.46. The van der Waals surface area contributed by atoms with Crippen molar-refractivity contribution in [3.05, 3.63) is 63.1 Å². The molecule has 0 saturated heterocycles. The van der Waals surface area contributed by atoms with Gasteiger partial charge in [-0.05, 0) is 37.3 Å². The fourth-order valence-electron chi connectivity index (χ4n) is 2.13. The van der Waals surface area contributed by atoms with Gasteiger partial charge in [-0.25, -0.2) is 8.42 Å². The van der Waals surface area contributed by atoms with E-state index in [0.29, 0.717) is 0 Å². The lowest BCUT2D eigenvalue weighted by Gasteiger charge is -2.23. The van der Waals surface area contributed by atoms with Crippen molar-refractivity contribution < 1.29 is 22.9 Å². The third kappa shape index (κ3) is 4.58. The molecule has 2 rings (SSSR count). The second-order valence-electron chi connectivity index (χ2n) is 5.05. The fraction of sp³-hybridized carbons (Fsp3) is 0.188. The average Bonchev–Trinajstić information content (AvgIpc) is 2.61. The fourth-order valence-corrected chi connectivity index (χ4v) is 3.84. The van der Waals surface area contributed by atoms with E-state index in [1.54, 1.807) is 19.1 Å². The van der Waals surface area contributed by atoms with Gasteiger partial charge in [0.25, 0.3) is 15.7 Å². The molecule has 0 heterocycles. The summed E-state index contributed by atoms with van der Waals surface area (Å²) in [5.41, 5.74) is -0.134. The molecular weight excluding hydrogens is 428 g/mol. The highest BCUT2D eigenvalue weighted by molar-refractivity contribution is 9.10. The van der Waals surface area contributed by atoms with Gasteiger partial charge in [-0.1, -0.05) is 22.0 Å². The van der Waals surface area contributed by atoms with E-state index < -0.39 is 27.5 Å². The molecule has 0 unspecified atom stereocenters. The lowest BCUT2D eigenvalue weighted by molar-refractivity contribution is -0.385. The van der Waals surface area contributed by atoms with Gasteiger partial charge in [-0.15, -0.1) is 0 Å². The summed E-state index contributed by atoms with van der Waals surface area (Å²) in [6.45, 7) is 1.15. The van der Waals surface area contributed by atoms with Gasteiger partial charge in [0.15, 0.2) is 0 Å². The number of esters is 1. The maximum atomic E-state index is 13.0. The van der Waals surface area contributed by atoms with E-state index in [1.165, 1.54) is 30.3 Å². The summed E-state index contributed by atoms with van der Waals surface area (Å²) in [7, 11) is -4.22. The van der Waals surface area contributed by atoms with Crippen molar-refractivity contribution in [2.45, 2.75) is 11.8 Å². The molecular formula is C16H15BrN2O6S. The highest BCUT2D eigenvalue weighted by Crippen LogP contribution is 2.27. The Balaban J connectivity index is 2.51. The van der Waals surface area contributed by atoms with Crippen LogP contribution >= 0.6 is 15.9 Å². The zero-order chi connectivity index (χ0) is 19.3. The van der Waals surface area contributed by atoms with Crippen molar-refractivity contribution >= 4 is 43.3 Å². The monoisotopic (exact) mass is 442 g/mol. The van der Waals surface area contributed by atoms with Crippen LogP contribution in [-0.4, -0.2) is 32.5 Å². The van der Waals surface area contributed by atoms with Crippen LogP contribution in [0, 0.1) is 10.1 Å². The molecule has 0 aliphatic heterocycles. The molecule has 0 N–H and O–H groups in total. The molecule has 0 aliphatic carbocycles. The van der Waals surface area contributed by atoms with Gasteiger partial charge in [0.1, 0.15) is 6.54 Å². The number of halogens is 1. The number of nitro benzene ring substituents is 1. The number of sulfonamides is 1. The number of rotatable bonds is 7. The van der Waals surface area contributed by atoms with Crippen LogP contribution in [-0.2, 0) is 19.6 Å². The number of non-ortho nitro benzene ring substituents is 1. The minimum absolute atomic E-state index is 0.101. The Labute approximate surface area is 158 Å². The molecule has 0 radical (unpaired) electrons. The number of anilines is 1. The SMILES string of the molecule is CCOC(=O)CN(c1ccc(Br)cc1)S(=O)(=O)c1cccc([N+](=O)[O-])c1. The van der Waals surface area contributed by atoms with E-state index in [2.05, 4.69) is 15.9 Å². The van der Waals surface area contributed by atoms with Crippen LogP contribution in [0.15, 0.2) is 57.9 Å². The van der Waals surface area contributed by atoms with E-state index in [9.17, 15) is 23.3 Å². The van der Waals surface area contributed by atoms with Gasteiger partial charge < -0.3 is 4.74 Å². The Bertz CT molecular complexity index is 915. The number of nitro groups is 1.